The van der Waals surface area contributed by atoms with Gasteiger partial charge in [-0.2, -0.15) is 0 Å². The van der Waals surface area contributed by atoms with Gasteiger partial charge in [0.1, 0.15) is 11.6 Å². The predicted molar refractivity (Wildman–Crippen MR) is 129 cm³/mol. The molecule has 0 amide bonds. The van der Waals surface area contributed by atoms with Crippen LogP contribution in [0.2, 0.25) is 0 Å². The van der Waals surface area contributed by atoms with E-state index in [4.69, 9.17) is 4.74 Å². The van der Waals surface area contributed by atoms with Crippen LogP contribution in [0.3, 0.4) is 0 Å². The van der Waals surface area contributed by atoms with Gasteiger partial charge in [0.2, 0.25) is 0 Å². The summed E-state index contributed by atoms with van der Waals surface area (Å²) in [5, 5.41) is 0. The highest BCUT2D eigenvalue weighted by Crippen LogP contribution is 2.28. The maximum absolute atomic E-state index is 11.4. The Morgan fingerprint density at radius 3 is 1.58 bits per heavy atom. The molecule has 0 N–H and O–H groups in total. The predicted octanol–water partition coefficient (Wildman–Crippen LogP) is 8.39. The minimum atomic E-state index is 0.283. The number of carbonyl (C=O) groups excluding carboxylic acids is 2. The molecule has 1 saturated carbocycles. The molecule has 0 aromatic rings. The third-order valence-corrected chi connectivity index (χ3v) is 6.98. The highest BCUT2D eigenvalue weighted by atomic mass is 16.5. The van der Waals surface area contributed by atoms with E-state index in [2.05, 4.69) is 6.08 Å². The number of hydrogen-bond donors (Lipinski definition) is 0. The minimum absolute atomic E-state index is 0.283. The van der Waals surface area contributed by atoms with E-state index in [1.54, 1.807) is 0 Å². The molecule has 0 spiro atoms. The molecular formula is C28H48O3. The average Bonchev–Trinajstić information content (AvgIpc) is 3.23. The molecule has 1 atom stereocenters. The average molecular weight is 433 g/mol. The molecule has 2 bridgehead atoms. The van der Waals surface area contributed by atoms with E-state index in [1.807, 2.05) is 0 Å². The van der Waals surface area contributed by atoms with E-state index >= 15 is 0 Å². The van der Waals surface area contributed by atoms with Crippen LogP contribution in [0.5, 0.6) is 0 Å². The molecule has 3 aliphatic rings. The van der Waals surface area contributed by atoms with Crippen molar-refractivity contribution in [2.45, 2.75) is 154 Å². The number of ether oxygens (including phenoxy) is 1. The highest BCUT2D eigenvalue weighted by molar-refractivity contribution is 5.85. The van der Waals surface area contributed by atoms with Gasteiger partial charge in [-0.15, -0.1) is 0 Å². The van der Waals surface area contributed by atoms with Crippen LogP contribution in [0.25, 0.3) is 0 Å². The molecule has 3 nitrogen and oxygen atoms in total. The minimum Gasteiger partial charge on any atom is -0.495 e. The second kappa shape index (κ2) is 17.4. The Balaban J connectivity index is 0.000000220. The molecule has 2 fully saturated rings. The van der Waals surface area contributed by atoms with Crippen molar-refractivity contribution in [1.82, 2.24) is 0 Å². The number of fused-ring (bicyclic) bond motifs is 2. The molecule has 2 aliphatic heterocycles. The van der Waals surface area contributed by atoms with Crippen LogP contribution in [0, 0.1) is 0 Å². The largest absolute Gasteiger partial charge is 0.495 e. The molecule has 3 rings (SSSR count). The van der Waals surface area contributed by atoms with Crippen LogP contribution < -0.4 is 0 Å². The molecule has 0 radical (unpaired) electrons. The summed E-state index contributed by atoms with van der Waals surface area (Å²) < 4.78 is 5.94. The van der Waals surface area contributed by atoms with Gasteiger partial charge in [0.25, 0.3) is 0 Å². The molecule has 31 heavy (non-hydrogen) atoms. The summed E-state index contributed by atoms with van der Waals surface area (Å²) in [6.07, 6.45) is 29.6. The van der Waals surface area contributed by atoms with Crippen LogP contribution in [0.4, 0.5) is 0 Å². The summed E-state index contributed by atoms with van der Waals surface area (Å²) in [4.78, 5) is 22.9. The molecule has 178 valence electrons. The van der Waals surface area contributed by atoms with E-state index in [0.717, 1.165) is 12.8 Å². The lowest BCUT2D eigenvalue weighted by Gasteiger charge is -2.09. The van der Waals surface area contributed by atoms with Crippen molar-refractivity contribution in [1.29, 1.82) is 0 Å². The summed E-state index contributed by atoms with van der Waals surface area (Å²) in [5.41, 5.74) is 0. The zero-order chi connectivity index (χ0) is 22.0. The zero-order valence-corrected chi connectivity index (χ0v) is 20.1. The van der Waals surface area contributed by atoms with Gasteiger partial charge >= 0.3 is 0 Å². The Morgan fingerprint density at radius 2 is 1.00 bits per heavy atom. The fraction of sp³-hybridized carbons (Fsp3) is 0.857. The lowest BCUT2D eigenvalue weighted by Crippen LogP contribution is -2.04. The van der Waals surface area contributed by atoms with Crippen molar-refractivity contribution in [3.05, 3.63) is 11.8 Å². The highest BCUT2D eigenvalue weighted by Gasteiger charge is 2.19. The molecule has 0 aromatic carbocycles. The topological polar surface area (TPSA) is 43.4 Å². The Hall–Kier alpha value is -1.12. The van der Waals surface area contributed by atoms with Gasteiger partial charge in [-0.05, 0) is 51.0 Å². The summed E-state index contributed by atoms with van der Waals surface area (Å²) >= 11 is 0. The van der Waals surface area contributed by atoms with Crippen LogP contribution in [-0.4, -0.2) is 17.7 Å². The van der Waals surface area contributed by atoms with Gasteiger partial charge in [-0.1, -0.05) is 70.6 Å². The van der Waals surface area contributed by atoms with Crippen LogP contribution >= 0.6 is 0 Å². The monoisotopic (exact) mass is 432 g/mol. The molecule has 1 aliphatic carbocycles. The van der Waals surface area contributed by atoms with Crippen molar-refractivity contribution < 1.29 is 14.3 Å². The maximum Gasteiger partial charge on any atom is 0.133 e. The number of ketones is 2. The van der Waals surface area contributed by atoms with Crippen molar-refractivity contribution >= 4 is 11.6 Å². The Kier molecular flexibility index (Phi) is 14.7. The lowest BCUT2D eigenvalue weighted by atomic mass is 10.00. The van der Waals surface area contributed by atoms with Gasteiger partial charge in [-0.25, -0.2) is 0 Å². The van der Waals surface area contributed by atoms with Gasteiger partial charge in [0.15, 0.2) is 0 Å². The quantitative estimate of drug-likeness (QED) is 0.386. The number of allylic oxidation sites excluding steroid dienone is 2. The Bertz CT molecular complexity index is 498. The summed E-state index contributed by atoms with van der Waals surface area (Å²) in [6, 6.07) is 0. The fourth-order valence-electron chi connectivity index (χ4n) is 4.89. The van der Waals surface area contributed by atoms with E-state index in [-0.39, 0.29) is 11.6 Å². The SMILES string of the molecule is C1=C2CCC(CCCCCCCCC1)O2.O=C1CCCCCCCCCCC(=O)CC1. The van der Waals surface area contributed by atoms with Crippen molar-refractivity contribution in [3.63, 3.8) is 0 Å². The van der Waals surface area contributed by atoms with Crippen LogP contribution in [0.15, 0.2) is 11.8 Å². The Morgan fingerprint density at radius 1 is 0.516 bits per heavy atom. The first-order chi connectivity index (χ1) is 15.2. The lowest BCUT2D eigenvalue weighted by molar-refractivity contribution is -0.124. The summed E-state index contributed by atoms with van der Waals surface area (Å²) in [6.45, 7) is 0. The normalized spacial score (nSPS) is 25.9. The third kappa shape index (κ3) is 13.8. The van der Waals surface area contributed by atoms with E-state index in [0.29, 0.717) is 31.8 Å². The second-order valence-electron chi connectivity index (χ2n) is 9.91. The first kappa shape index (κ1) is 26.1. The van der Waals surface area contributed by atoms with Gasteiger partial charge in [-0.3, -0.25) is 9.59 Å². The Labute approximate surface area is 191 Å². The number of carbonyl (C=O) groups is 2. The summed E-state index contributed by atoms with van der Waals surface area (Å²) in [5.74, 6) is 1.86. The first-order valence-corrected chi connectivity index (χ1v) is 13.6. The molecule has 0 aromatic heterocycles. The number of Topliss-reactive ketones (excluding diaryl/α,β-unsaturated/α-hetero) is 2. The smallest absolute Gasteiger partial charge is 0.133 e. The molecule has 1 saturated heterocycles. The number of rotatable bonds is 0. The van der Waals surface area contributed by atoms with Crippen molar-refractivity contribution in [2.24, 2.45) is 0 Å². The fourth-order valence-corrected chi connectivity index (χ4v) is 4.89. The van der Waals surface area contributed by atoms with Gasteiger partial charge < -0.3 is 4.74 Å². The number of hydrogen-bond acceptors (Lipinski definition) is 3. The summed E-state index contributed by atoms with van der Waals surface area (Å²) in [7, 11) is 0. The second-order valence-corrected chi connectivity index (χ2v) is 9.91. The van der Waals surface area contributed by atoms with Gasteiger partial charge in [0.05, 0.1) is 11.9 Å². The van der Waals surface area contributed by atoms with E-state index in [9.17, 15) is 9.59 Å². The zero-order valence-electron chi connectivity index (χ0n) is 20.1. The van der Waals surface area contributed by atoms with Crippen LogP contribution in [-0.2, 0) is 14.3 Å². The first-order valence-electron chi connectivity index (χ1n) is 13.6. The molecule has 2 heterocycles. The van der Waals surface area contributed by atoms with E-state index < -0.39 is 0 Å². The standard InChI is InChI=1S/C14H24O2.C14H24O/c15-13-9-7-5-3-1-2-4-6-8-10-14(16)12-11-13;1-2-4-6-8-10-14-12-11-13(15-14)9-7-5-3-1/h1-12H2;9,14H,1-8,10-12H2. The van der Waals surface area contributed by atoms with E-state index in [1.165, 1.54) is 115 Å². The molecule has 1 unspecified atom stereocenters. The molecule has 3 heteroatoms. The van der Waals surface area contributed by atoms with Crippen molar-refractivity contribution in [3.8, 4) is 0 Å². The van der Waals surface area contributed by atoms with Crippen LogP contribution in [0.1, 0.15) is 148 Å². The third-order valence-electron chi connectivity index (χ3n) is 6.98. The maximum atomic E-state index is 11.4. The van der Waals surface area contributed by atoms with Crippen molar-refractivity contribution in [2.75, 3.05) is 0 Å². The van der Waals surface area contributed by atoms with Gasteiger partial charge in [0, 0.05) is 32.1 Å². The molecular weight excluding hydrogens is 384 g/mol.